The molecule has 1 saturated heterocycles. The molecule has 4 rings (SSSR count). The van der Waals surface area contributed by atoms with Crippen molar-refractivity contribution in [3.05, 3.63) is 65.1 Å². The van der Waals surface area contributed by atoms with Gasteiger partial charge in [-0.2, -0.15) is 0 Å². The number of anilines is 1. The summed E-state index contributed by atoms with van der Waals surface area (Å²) in [6.45, 7) is 1.51. The molecular formula is C23H26BrN3O4S. The minimum absolute atomic E-state index is 0. The van der Waals surface area contributed by atoms with Crippen molar-refractivity contribution in [1.29, 1.82) is 0 Å². The number of carbonyl (C=O) groups is 2. The molecule has 2 aliphatic rings. The third-order valence-corrected chi connectivity index (χ3v) is 6.95. The minimum atomic E-state index is -1.02. The van der Waals surface area contributed by atoms with Gasteiger partial charge in [-0.05, 0) is 61.7 Å². The normalized spacial score (nSPS) is 18.9. The standard InChI is InChI=1S/C23H25N3O4S.BrH/c24-22(29)21-20(15-4-2-1-3-5-15)26(23(31-21)16-10-12-25-13-11-16)17-6-8-18(9-7-17)30-14-19(27)28;/h1-9,16,23,25H,10-14H2,(H2,24,29)(H,27,28);1H. The van der Waals surface area contributed by atoms with Gasteiger partial charge in [0.2, 0.25) is 0 Å². The number of thioether (sulfide) groups is 1. The maximum absolute atomic E-state index is 12.4. The van der Waals surface area contributed by atoms with E-state index in [-0.39, 0.29) is 22.4 Å². The number of nitrogens with zero attached hydrogens (tertiary/aromatic N) is 1. The number of carbonyl (C=O) groups excluding carboxylic acids is 1. The summed E-state index contributed by atoms with van der Waals surface area (Å²) in [6.07, 6.45) is 2.03. The Morgan fingerprint density at radius 1 is 1.09 bits per heavy atom. The first-order valence-electron chi connectivity index (χ1n) is 10.3. The van der Waals surface area contributed by atoms with Gasteiger partial charge in [0, 0.05) is 5.69 Å². The molecule has 1 amide bonds. The van der Waals surface area contributed by atoms with E-state index in [2.05, 4.69) is 10.2 Å². The quantitative estimate of drug-likeness (QED) is 0.514. The van der Waals surface area contributed by atoms with Gasteiger partial charge in [0.25, 0.3) is 5.91 Å². The van der Waals surface area contributed by atoms with E-state index in [1.807, 2.05) is 42.5 Å². The number of hydrogen-bond acceptors (Lipinski definition) is 6. The summed E-state index contributed by atoms with van der Waals surface area (Å²) in [4.78, 5) is 26.0. The molecule has 0 spiro atoms. The lowest BCUT2D eigenvalue weighted by Gasteiger charge is -2.36. The number of carboxylic acids is 1. The van der Waals surface area contributed by atoms with Crippen molar-refractivity contribution in [2.45, 2.75) is 18.2 Å². The Morgan fingerprint density at radius 2 is 1.75 bits per heavy atom. The summed E-state index contributed by atoms with van der Waals surface area (Å²) in [6, 6.07) is 17.1. The van der Waals surface area contributed by atoms with E-state index in [9.17, 15) is 9.59 Å². The van der Waals surface area contributed by atoms with Gasteiger partial charge >= 0.3 is 5.97 Å². The van der Waals surface area contributed by atoms with Crippen molar-refractivity contribution < 1.29 is 19.4 Å². The second-order valence-corrected chi connectivity index (χ2v) is 8.68. The molecule has 1 unspecified atom stereocenters. The molecule has 4 N–H and O–H groups in total. The maximum atomic E-state index is 12.4. The van der Waals surface area contributed by atoms with Crippen LogP contribution < -0.4 is 20.7 Å². The molecule has 0 aromatic heterocycles. The van der Waals surface area contributed by atoms with Crippen molar-refractivity contribution in [1.82, 2.24) is 5.32 Å². The average molecular weight is 520 g/mol. The van der Waals surface area contributed by atoms with Crippen molar-refractivity contribution in [3.8, 4) is 5.75 Å². The van der Waals surface area contributed by atoms with Gasteiger partial charge in [-0.15, -0.1) is 17.0 Å². The zero-order valence-electron chi connectivity index (χ0n) is 17.4. The van der Waals surface area contributed by atoms with Crippen LogP contribution in [0.25, 0.3) is 5.70 Å². The third kappa shape index (κ3) is 5.28. The second kappa shape index (κ2) is 10.9. The Balaban J connectivity index is 0.00000289. The van der Waals surface area contributed by atoms with Crippen molar-refractivity contribution >= 4 is 52.0 Å². The number of nitrogens with two attached hydrogens (primary N) is 1. The van der Waals surface area contributed by atoms with Crippen LogP contribution in [0.3, 0.4) is 0 Å². The Hall–Kier alpha value is -2.49. The maximum Gasteiger partial charge on any atom is 0.341 e. The Labute approximate surface area is 201 Å². The number of nitrogens with one attached hydrogen (secondary N) is 1. The predicted molar refractivity (Wildman–Crippen MR) is 132 cm³/mol. The number of aliphatic carboxylic acids is 1. The molecule has 2 aliphatic heterocycles. The van der Waals surface area contributed by atoms with Gasteiger partial charge in [-0.1, -0.05) is 42.1 Å². The van der Waals surface area contributed by atoms with Gasteiger partial charge in [0.15, 0.2) is 6.61 Å². The number of carboxylic acid groups (broad SMARTS) is 1. The van der Waals surface area contributed by atoms with Gasteiger partial charge in [-0.3, -0.25) is 4.79 Å². The summed E-state index contributed by atoms with van der Waals surface area (Å²) in [7, 11) is 0. The molecule has 32 heavy (non-hydrogen) atoms. The first-order chi connectivity index (χ1) is 15.0. The van der Waals surface area contributed by atoms with Crippen LogP contribution in [0.4, 0.5) is 5.69 Å². The number of rotatable bonds is 7. The lowest BCUT2D eigenvalue weighted by atomic mass is 9.96. The fraction of sp³-hybridized carbons (Fsp3) is 0.304. The van der Waals surface area contributed by atoms with Crippen LogP contribution in [0.1, 0.15) is 18.4 Å². The molecular weight excluding hydrogens is 494 g/mol. The highest BCUT2D eigenvalue weighted by atomic mass is 79.9. The molecule has 170 valence electrons. The molecule has 0 saturated carbocycles. The fourth-order valence-corrected chi connectivity index (χ4v) is 5.55. The highest BCUT2D eigenvalue weighted by Crippen LogP contribution is 2.49. The predicted octanol–water partition coefficient (Wildman–Crippen LogP) is 3.46. The first kappa shape index (κ1) is 24.2. The van der Waals surface area contributed by atoms with Crippen molar-refractivity contribution in [2.24, 2.45) is 11.7 Å². The Kier molecular flexibility index (Phi) is 8.22. The topological polar surface area (TPSA) is 105 Å². The third-order valence-electron chi connectivity index (χ3n) is 5.48. The molecule has 0 bridgehead atoms. The number of halogens is 1. The molecule has 2 aromatic carbocycles. The molecule has 1 fully saturated rings. The lowest BCUT2D eigenvalue weighted by molar-refractivity contribution is -0.139. The summed E-state index contributed by atoms with van der Waals surface area (Å²) in [5.74, 6) is -0.570. The van der Waals surface area contributed by atoms with Crippen LogP contribution in [0.15, 0.2) is 59.5 Å². The SMILES string of the molecule is Br.NC(=O)C1=C(c2ccccc2)N(c2ccc(OCC(=O)O)cc2)C(C2CCNCC2)S1. The fourth-order valence-electron chi connectivity index (χ4n) is 4.07. The zero-order chi connectivity index (χ0) is 21.8. The first-order valence-corrected chi connectivity index (χ1v) is 11.1. The van der Waals surface area contributed by atoms with E-state index < -0.39 is 18.5 Å². The average Bonchev–Trinajstić information content (AvgIpc) is 3.20. The number of benzene rings is 2. The van der Waals surface area contributed by atoms with Gasteiger partial charge in [0.05, 0.1) is 16.0 Å². The smallest absolute Gasteiger partial charge is 0.341 e. The van der Waals surface area contributed by atoms with Gasteiger partial charge in [0.1, 0.15) is 5.75 Å². The van der Waals surface area contributed by atoms with E-state index >= 15 is 0 Å². The zero-order valence-corrected chi connectivity index (χ0v) is 19.9. The highest BCUT2D eigenvalue weighted by molar-refractivity contribution is 8.93. The molecule has 1 atom stereocenters. The Morgan fingerprint density at radius 3 is 2.34 bits per heavy atom. The molecule has 2 aromatic rings. The number of hydrogen-bond donors (Lipinski definition) is 3. The number of piperidine rings is 1. The molecule has 0 radical (unpaired) electrons. The summed E-state index contributed by atoms with van der Waals surface area (Å²) in [5.41, 5.74) is 8.48. The van der Waals surface area contributed by atoms with Crippen LogP contribution in [-0.4, -0.2) is 42.1 Å². The van der Waals surface area contributed by atoms with E-state index in [1.165, 1.54) is 0 Å². The van der Waals surface area contributed by atoms with E-state index in [0.29, 0.717) is 16.6 Å². The number of amides is 1. The summed E-state index contributed by atoms with van der Waals surface area (Å²) < 4.78 is 5.28. The second-order valence-electron chi connectivity index (χ2n) is 7.55. The largest absolute Gasteiger partial charge is 0.482 e. The summed E-state index contributed by atoms with van der Waals surface area (Å²) in [5, 5.41) is 12.3. The van der Waals surface area contributed by atoms with Crippen LogP contribution in [0, 0.1) is 5.92 Å². The molecule has 7 nitrogen and oxygen atoms in total. The van der Waals surface area contributed by atoms with E-state index in [0.717, 1.165) is 42.9 Å². The van der Waals surface area contributed by atoms with Crippen LogP contribution in [0.2, 0.25) is 0 Å². The lowest BCUT2D eigenvalue weighted by Crippen LogP contribution is -2.40. The monoisotopic (exact) mass is 519 g/mol. The van der Waals surface area contributed by atoms with Crippen molar-refractivity contribution in [3.63, 3.8) is 0 Å². The molecule has 2 heterocycles. The van der Waals surface area contributed by atoms with Crippen LogP contribution in [-0.2, 0) is 9.59 Å². The number of primary amides is 1. The van der Waals surface area contributed by atoms with Gasteiger partial charge in [-0.25, -0.2) is 4.79 Å². The van der Waals surface area contributed by atoms with Crippen LogP contribution >= 0.6 is 28.7 Å². The van der Waals surface area contributed by atoms with Crippen molar-refractivity contribution in [2.75, 3.05) is 24.6 Å². The van der Waals surface area contributed by atoms with Crippen LogP contribution in [0.5, 0.6) is 5.75 Å². The Bertz CT molecular complexity index is 978. The molecule has 0 aliphatic carbocycles. The number of ether oxygens (including phenoxy) is 1. The highest BCUT2D eigenvalue weighted by Gasteiger charge is 2.41. The van der Waals surface area contributed by atoms with E-state index in [1.54, 1.807) is 23.9 Å². The minimum Gasteiger partial charge on any atom is -0.482 e. The van der Waals surface area contributed by atoms with Gasteiger partial charge < -0.3 is 25.8 Å². The summed E-state index contributed by atoms with van der Waals surface area (Å²) >= 11 is 1.54. The molecule has 9 heteroatoms. The van der Waals surface area contributed by atoms with E-state index in [4.69, 9.17) is 15.6 Å².